The lowest BCUT2D eigenvalue weighted by Gasteiger charge is -2.37. The second kappa shape index (κ2) is 6.06. The van der Waals surface area contributed by atoms with Crippen LogP contribution in [-0.4, -0.2) is 55.5 Å². The minimum absolute atomic E-state index is 0.0737. The highest BCUT2D eigenvalue weighted by Gasteiger charge is 2.31. The predicted molar refractivity (Wildman–Crippen MR) is 85.4 cm³/mol. The van der Waals surface area contributed by atoms with Gasteiger partial charge in [-0.1, -0.05) is 18.2 Å². The van der Waals surface area contributed by atoms with Crippen LogP contribution < -0.4 is 5.32 Å². The molecule has 0 aromatic heterocycles. The van der Waals surface area contributed by atoms with Crippen molar-refractivity contribution >= 4 is 11.6 Å². The van der Waals surface area contributed by atoms with Crippen molar-refractivity contribution in [2.24, 2.45) is 5.92 Å². The molecule has 21 heavy (non-hydrogen) atoms. The molecule has 1 aromatic carbocycles. The van der Waals surface area contributed by atoms with Crippen LogP contribution in [0.5, 0.6) is 0 Å². The number of benzene rings is 1. The predicted octanol–water partition coefficient (Wildman–Crippen LogP) is 1.82. The Morgan fingerprint density at radius 2 is 2.00 bits per heavy atom. The molecule has 1 saturated heterocycles. The van der Waals surface area contributed by atoms with Gasteiger partial charge in [0.25, 0.3) is 0 Å². The summed E-state index contributed by atoms with van der Waals surface area (Å²) in [6.45, 7) is 2.94. The zero-order chi connectivity index (χ0) is 14.8. The summed E-state index contributed by atoms with van der Waals surface area (Å²) >= 11 is 0. The molecule has 2 aliphatic heterocycles. The monoisotopic (exact) mass is 287 g/mol. The smallest absolute Gasteiger partial charge is 0.227 e. The highest BCUT2D eigenvalue weighted by molar-refractivity contribution is 5.81. The molecular weight excluding hydrogens is 262 g/mol. The van der Waals surface area contributed by atoms with Gasteiger partial charge in [0.2, 0.25) is 5.91 Å². The molecule has 1 N–H and O–H groups in total. The van der Waals surface area contributed by atoms with Gasteiger partial charge in [-0.25, -0.2) is 0 Å². The van der Waals surface area contributed by atoms with E-state index in [9.17, 15) is 4.79 Å². The molecule has 1 fully saturated rings. The third kappa shape index (κ3) is 3.05. The average Bonchev–Trinajstić information content (AvgIpc) is 2.54. The van der Waals surface area contributed by atoms with Crippen LogP contribution in [0.4, 0.5) is 5.69 Å². The average molecular weight is 287 g/mol. The molecule has 0 saturated carbocycles. The van der Waals surface area contributed by atoms with Crippen molar-refractivity contribution in [3.63, 3.8) is 0 Å². The fraction of sp³-hybridized carbons (Fsp3) is 0.588. The van der Waals surface area contributed by atoms with Gasteiger partial charge in [-0.15, -0.1) is 0 Å². The molecule has 1 amide bonds. The molecule has 0 spiro atoms. The number of hydrogen-bond donors (Lipinski definition) is 1. The number of nitrogens with one attached hydrogen (secondary N) is 1. The molecule has 2 aliphatic rings. The molecule has 1 aromatic rings. The maximum atomic E-state index is 12.8. The number of piperidine rings is 1. The molecule has 114 valence electrons. The Hall–Kier alpha value is -1.55. The maximum absolute atomic E-state index is 12.8. The first-order valence-corrected chi connectivity index (χ1v) is 7.92. The Bertz CT molecular complexity index is 509. The fourth-order valence-electron chi connectivity index (χ4n) is 3.47. The molecule has 4 heteroatoms. The molecule has 0 aliphatic carbocycles. The van der Waals surface area contributed by atoms with Crippen LogP contribution in [0.25, 0.3) is 0 Å². The highest BCUT2D eigenvalue weighted by atomic mass is 16.2. The largest absolute Gasteiger partial charge is 0.384 e. The van der Waals surface area contributed by atoms with E-state index in [1.807, 2.05) is 24.1 Å². The van der Waals surface area contributed by atoms with Gasteiger partial charge in [-0.05, 0) is 51.0 Å². The van der Waals surface area contributed by atoms with Gasteiger partial charge in [0.15, 0.2) is 0 Å². The number of rotatable bonds is 2. The van der Waals surface area contributed by atoms with Gasteiger partial charge in [-0.3, -0.25) is 4.79 Å². The lowest BCUT2D eigenvalue weighted by Crippen LogP contribution is -2.48. The van der Waals surface area contributed by atoms with Crippen LogP contribution in [0.15, 0.2) is 24.3 Å². The van der Waals surface area contributed by atoms with Gasteiger partial charge in [-0.2, -0.15) is 0 Å². The van der Waals surface area contributed by atoms with Crippen LogP contribution >= 0.6 is 0 Å². The summed E-state index contributed by atoms with van der Waals surface area (Å²) in [6.07, 6.45) is 3.05. The van der Waals surface area contributed by atoms with Crippen LogP contribution in [0, 0.1) is 5.92 Å². The number of para-hydroxylation sites is 1. The third-order valence-corrected chi connectivity index (χ3v) is 4.96. The fourth-order valence-corrected chi connectivity index (χ4v) is 3.47. The van der Waals surface area contributed by atoms with Crippen molar-refractivity contribution in [3.8, 4) is 0 Å². The number of carbonyl (C=O) groups is 1. The van der Waals surface area contributed by atoms with Crippen LogP contribution in [0.3, 0.4) is 0 Å². The number of fused-ring (bicyclic) bond motifs is 1. The van der Waals surface area contributed by atoms with Crippen molar-refractivity contribution in [1.29, 1.82) is 0 Å². The van der Waals surface area contributed by atoms with E-state index in [0.717, 1.165) is 38.9 Å². The minimum atomic E-state index is 0.0737. The molecular formula is C17H25N3O. The topological polar surface area (TPSA) is 35.6 Å². The molecule has 1 atom stereocenters. The van der Waals surface area contributed by atoms with Gasteiger partial charge in [0.05, 0.1) is 5.92 Å². The second-order valence-electron chi connectivity index (χ2n) is 6.42. The quantitative estimate of drug-likeness (QED) is 0.901. The lowest BCUT2D eigenvalue weighted by molar-refractivity contribution is -0.136. The summed E-state index contributed by atoms with van der Waals surface area (Å²) in [7, 11) is 4.14. The molecule has 0 bridgehead atoms. The first-order chi connectivity index (χ1) is 10.1. The highest BCUT2D eigenvalue weighted by Crippen LogP contribution is 2.26. The Labute approximate surface area is 127 Å². The van der Waals surface area contributed by atoms with Crippen LogP contribution in [-0.2, 0) is 11.2 Å². The molecule has 0 radical (unpaired) electrons. The molecule has 1 unspecified atom stereocenters. The van der Waals surface area contributed by atoms with E-state index in [-0.39, 0.29) is 5.92 Å². The standard InChI is InChI=1S/C17H25N3O/c1-19-9-7-15(8-10-19)20(2)17(21)14-11-13-5-3-4-6-16(13)18-12-14/h3-6,14-15,18H,7-12H2,1-2H3. The van der Waals surface area contributed by atoms with E-state index in [2.05, 4.69) is 29.4 Å². The number of carbonyl (C=O) groups excluding carboxylic acids is 1. The van der Waals surface area contributed by atoms with E-state index >= 15 is 0 Å². The summed E-state index contributed by atoms with van der Waals surface area (Å²) in [4.78, 5) is 17.1. The third-order valence-electron chi connectivity index (χ3n) is 4.96. The van der Waals surface area contributed by atoms with Crippen molar-refractivity contribution in [1.82, 2.24) is 9.80 Å². The number of hydrogen-bond acceptors (Lipinski definition) is 3. The lowest BCUT2D eigenvalue weighted by atomic mass is 9.92. The zero-order valence-corrected chi connectivity index (χ0v) is 13.0. The van der Waals surface area contributed by atoms with Gasteiger partial charge in [0, 0.05) is 25.3 Å². The second-order valence-corrected chi connectivity index (χ2v) is 6.42. The summed E-state index contributed by atoms with van der Waals surface area (Å²) in [6, 6.07) is 8.71. The van der Waals surface area contributed by atoms with Crippen molar-refractivity contribution in [3.05, 3.63) is 29.8 Å². The normalized spacial score (nSPS) is 23.2. The van der Waals surface area contributed by atoms with E-state index in [1.54, 1.807) is 0 Å². The van der Waals surface area contributed by atoms with Gasteiger partial charge in [0.1, 0.15) is 0 Å². The number of amides is 1. The first-order valence-electron chi connectivity index (χ1n) is 7.92. The van der Waals surface area contributed by atoms with Crippen LogP contribution in [0.2, 0.25) is 0 Å². The Morgan fingerprint density at radius 3 is 2.76 bits per heavy atom. The van der Waals surface area contributed by atoms with Crippen molar-refractivity contribution in [2.75, 3.05) is 39.0 Å². The number of nitrogens with zero attached hydrogens (tertiary/aromatic N) is 2. The van der Waals surface area contributed by atoms with E-state index in [0.29, 0.717) is 11.9 Å². The SMILES string of the molecule is CN1CCC(N(C)C(=O)C2CNc3ccccc3C2)CC1. The minimum Gasteiger partial charge on any atom is -0.384 e. The van der Waals surface area contributed by atoms with Crippen LogP contribution in [0.1, 0.15) is 18.4 Å². The Kier molecular flexibility index (Phi) is 4.15. The maximum Gasteiger partial charge on any atom is 0.227 e. The summed E-state index contributed by atoms with van der Waals surface area (Å²) in [5, 5.41) is 3.40. The van der Waals surface area contributed by atoms with E-state index < -0.39 is 0 Å². The molecule has 3 rings (SSSR count). The van der Waals surface area contributed by atoms with Gasteiger partial charge >= 0.3 is 0 Å². The summed E-state index contributed by atoms with van der Waals surface area (Å²) in [5.74, 6) is 0.371. The summed E-state index contributed by atoms with van der Waals surface area (Å²) in [5.41, 5.74) is 2.45. The summed E-state index contributed by atoms with van der Waals surface area (Å²) < 4.78 is 0. The van der Waals surface area contributed by atoms with E-state index in [4.69, 9.17) is 0 Å². The van der Waals surface area contributed by atoms with Gasteiger partial charge < -0.3 is 15.1 Å². The van der Waals surface area contributed by atoms with Crippen molar-refractivity contribution in [2.45, 2.75) is 25.3 Å². The zero-order valence-electron chi connectivity index (χ0n) is 13.0. The molecule has 2 heterocycles. The van der Waals surface area contributed by atoms with E-state index in [1.165, 1.54) is 11.3 Å². The van der Waals surface area contributed by atoms with Crippen molar-refractivity contribution < 1.29 is 4.79 Å². The Morgan fingerprint density at radius 1 is 1.29 bits per heavy atom. The Balaban J connectivity index is 1.63. The molecule has 4 nitrogen and oxygen atoms in total. The number of likely N-dealkylation sites (tertiary alicyclic amines) is 1. The first kappa shape index (κ1) is 14.4. The number of anilines is 1.